The van der Waals surface area contributed by atoms with Crippen LogP contribution in [0.1, 0.15) is 16.2 Å². The Balaban J connectivity index is 2.41. The molecule has 0 radical (unpaired) electrons. The van der Waals surface area contributed by atoms with Crippen LogP contribution in [0.2, 0.25) is 0 Å². The Morgan fingerprint density at radius 3 is 2.82 bits per heavy atom. The van der Waals surface area contributed by atoms with E-state index in [2.05, 4.69) is 9.97 Å². The molecule has 0 atom stereocenters. The lowest BCUT2D eigenvalue weighted by atomic mass is 10.3. The van der Waals surface area contributed by atoms with Crippen molar-refractivity contribution < 1.29 is 9.53 Å². The molecule has 2 rings (SSSR count). The molecule has 0 aromatic carbocycles. The summed E-state index contributed by atoms with van der Waals surface area (Å²) in [6.07, 6.45) is 1.24. The summed E-state index contributed by atoms with van der Waals surface area (Å²) in [5.74, 6) is -0.289. The van der Waals surface area contributed by atoms with Gasteiger partial charge in [-0.3, -0.25) is 4.79 Å². The molecular weight excluding hydrogens is 222 g/mol. The molecule has 2 N–H and O–H groups in total. The lowest BCUT2D eigenvalue weighted by Crippen LogP contribution is -2.38. The molecule has 88 valence electrons. The Labute approximate surface area is 97.8 Å². The Bertz CT molecular complexity index is 476. The SMILES string of the molecule is N#Cc1cnc(C(N)=O)c(N2CCOCC2)n1. The van der Waals surface area contributed by atoms with Gasteiger partial charge in [0.1, 0.15) is 6.07 Å². The number of nitrogens with zero attached hydrogens (tertiary/aromatic N) is 4. The second-order valence-electron chi connectivity index (χ2n) is 3.50. The van der Waals surface area contributed by atoms with Gasteiger partial charge in [-0.05, 0) is 0 Å². The summed E-state index contributed by atoms with van der Waals surface area (Å²) in [7, 11) is 0. The fourth-order valence-corrected chi connectivity index (χ4v) is 1.60. The van der Waals surface area contributed by atoms with E-state index in [1.165, 1.54) is 6.20 Å². The van der Waals surface area contributed by atoms with Crippen LogP contribution in [0.4, 0.5) is 5.82 Å². The van der Waals surface area contributed by atoms with Crippen molar-refractivity contribution in [2.75, 3.05) is 31.2 Å². The quantitative estimate of drug-likeness (QED) is 0.723. The molecule has 0 spiro atoms. The van der Waals surface area contributed by atoms with Crippen LogP contribution in [0.25, 0.3) is 0 Å². The summed E-state index contributed by atoms with van der Waals surface area (Å²) in [6, 6.07) is 1.89. The van der Waals surface area contributed by atoms with Crippen LogP contribution >= 0.6 is 0 Å². The van der Waals surface area contributed by atoms with Gasteiger partial charge in [-0.1, -0.05) is 0 Å². The number of carbonyl (C=O) groups excluding carboxylic acids is 1. The third-order valence-corrected chi connectivity index (χ3v) is 2.41. The predicted molar refractivity (Wildman–Crippen MR) is 58.3 cm³/mol. The Morgan fingerprint density at radius 2 is 2.24 bits per heavy atom. The molecule has 0 bridgehead atoms. The average molecular weight is 233 g/mol. The molecule has 1 saturated heterocycles. The van der Waals surface area contributed by atoms with Crippen molar-refractivity contribution in [1.29, 1.82) is 5.26 Å². The molecule has 7 heteroatoms. The molecule has 1 aliphatic rings. The van der Waals surface area contributed by atoms with Gasteiger partial charge in [0.25, 0.3) is 5.91 Å². The summed E-state index contributed by atoms with van der Waals surface area (Å²) >= 11 is 0. The molecule has 17 heavy (non-hydrogen) atoms. The topological polar surface area (TPSA) is 105 Å². The van der Waals surface area contributed by atoms with Gasteiger partial charge in [0.2, 0.25) is 0 Å². The maximum Gasteiger partial charge on any atom is 0.271 e. The minimum Gasteiger partial charge on any atom is -0.378 e. The first-order chi connectivity index (χ1) is 8.22. The van der Waals surface area contributed by atoms with Crippen molar-refractivity contribution in [1.82, 2.24) is 9.97 Å². The molecule has 7 nitrogen and oxygen atoms in total. The third-order valence-electron chi connectivity index (χ3n) is 2.41. The fourth-order valence-electron chi connectivity index (χ4n) is 1.60. The van der Waals surface area contributed by atoms with Gasteiger partial charge in [0.15, 0.2) is 17.2 Å². The highest BCUT2D eigenvalue weighted by Crippen LogP contribution is 2.17. The smallest absolute Gasteiger partial charge is 0.271 e. The van der Waals surface area contributed by atoms with E-state index >= 15 is 0 Å². The van der Waals surface area contributed by atoms with E-state index in [1.807, 2.05) is 11.0 Å². The standard InChI is InChI=1S/C10H11N5O2/c11-5-7-6-13-8(9(12)16)10(14-7)15-1-3-17-4-2-15/h6H,1-4H2,(H2,12,16). The first-order valence-electron chi connectivity index (χ1n) is 5.12. The Morgan fingerprint density at radius 1 is 1.53 bits per heavy atom. The van der Waals surface area contributed by atoms with Crippen molar-refractivity contribution in [3.05, 3.63) is 17.6 Å². The molecule has 1 amide bonds. The lowest BCUT2D eigenvalue weighted by Gasteiger charge is -2.28. The Hall–Kier alpha value is -2.20. The van der Waals surface area contributed by atoms with Gasteiger partial charge in [0, 0.05) is 13.1 Å². The largest absolute Gasteiger partial charge is 0.378 e. The highest BCUT2D eigenvalue weighted by molar-refractivity contribution is 5.95. The van der Waals surface area contributed by atoms with Crippen molar-refractivity contribution in [2.24, 2.45) is 5.73 Å². The number of ether oxygens (including phenoxy) is 1. The molecule has 1 aliphatic heterocycles. The molecule has 1 fully saturated rings. The zero-order valence-corrected chi connectivity index (χ0v) is 9.09. The van der Waals surface area contributed by atoms with E-state index in [-0.39, 0.29) is 11.4 Å². The normalized spacial score (nSPS) is 15.4. The molecular formula is C10H11N5O2. The summed E-state index contributed by atoms with van der Waals surface area (Å²) in [5, 5.41) is 8.78. The zero-order valence-electron chi connectivity index (χ0n) is 9.09. The van der Waals surface area contributed by atoms with Crippen LogP contribution < -0.4 is 10.6 Å². The summed E-state index contributed by atoms with van der Waals surface area (Å²) in [4.78, 5) is 21.1. The monoisotopic (exact) mass is 233 g/mol. The van der Waals surface area contributed by atoms with Gasteiger partial charge in [-0.2, -0.15) is 5.26 Å². The van der Waals surface area contributed by atoms with E-state index in [9.17, 15) is 4.79 Å². The third kappa shape index (κ3) is 2.32. The molecule has 1 aromatic rings. The number of rotatable bonds is 2. The van der Waals surface area contributed by atoms with Crippen LogP contribution in [-0.2, 0) is 4.74 Å². The number of nitrogens with two attached hydrogens (primary N) is 1. The maximum absolute atomic E-state index is 11.2. The van der Waals surface area contributed by atoms with E-state index in [0.717, 1.165) is 0 Å². The second kappa shape index (κ2) is 4.76. The van der Waals surface area contributed by atoms with Gasteiger partial charge in [0.05, 0.1) is 19.4 Å². The van der Waals surface area contributed by atoms with E-state index < -0.39 is 5.91 Å². The summed E-state index contributed by atoms with van der Waals surface area (Å²) in [5.41, 5.74) is 5.48. The van der Waals surface area contributed by atoms with Crippen LogP contribution in [0.15, 0.2) is 6.20 Å². The molecule has 2 heterocycles. The molecule has 1 aromatic heterocycles. The first kappa shape index (κ1) is 11.3. The van der Waals surface area contributed by atoms with E-state index in [1.54, 1.807) is 0 Å². The summed E-state index contributed by atoms with van der Waals surface area (Å²) < 4.78 is 5.21. The summed E-state index contributed by atoms with van der Waals surface area (Å²) in [6.45, 7) is 2.31. The number of hydrogen-bond acceptors (Lipinski definition) is 6. The highest BCUT2D eigenvalue weighted by Gasteiger charge is 2.20. The van der Waals surface area contributed by atoms with Crippen LogP contribution in [-0.4, -0.2) is 42.2 Å². The van der Waals surface area contributed by atoms with Gasteiger partial charge < -0.3 is 15.4 Å². The van der Waals surface area contributed by atoms with Crippen molar-refractivity contribution >= 4 is 11.7 Å². The number of anilines is 1. The number of amides is 1. The average Bonchev–Trinajstić information content (AvgIpc) is 2.39. The van der Waals surface area contributed by atoms with Gasteiger partial charge >= 0.3 is 0 Å². The molecule has 0 unspecified atom stereocenters. The zero-order chi connectivity index (χ0) is 12.3. The minimum absolute atomic E-state index is 0.0888. The second-order valence-corrected chi connectivity index (χ2v) is 3.50. The molecule has 0 aliphatic carbocycles. The molecule has 0 saturated carbocycles. The number of primary amides is 1. The van der Waals surface area contributed by atoms with Crippen LogP contribution in [0, 0.1) is 11.3 Å². The number of nitriles is 1. The number of hydrogen-bond donors (Lipinski definition) is 1. The van der Waals surface area contributed by atoms with Crippen LogP contribution in [0.5, 0.6) is 0 Å². The Kier molecular flexibility index (Phi) is 3.16. The van der Waals surface area contributed by atoms with E-state index in [4.69, 9.17) is 15.7 Å². The highest BCUT2D eigenvalue weighted by atomic mass is 16.5. The van der Waals surface area contributed by atoms with Crippen LogP contribution in [0.3, 0.4) is 0 Å². The fraction of sp³-hybridized carbons (Fsp3) is 0.400. The number of morpholine rings is 1. The van der Waals surface area contributed by atoms with Gasteiger partial charge in [-0.15, -0.1) is 0 Å². The predicted octanol–water partition coefficient (Wildman–Crippen LogP) is -0.716. The maximum atomic E-state index is 11.2. The van der Waals surface area contributed by atoms with Crippen molar-refractivity contribution in [2.45, 2.75) is 0 Å². The van der Waals surface area contributed by atoms with Crippen molar-refractivity contribution in [3.63, 3.8) is 0 Å². The van der Waals surface area contributed by atoms with Crippen molar-refractivity contribution in [3.8, 4) is 6.07 Å². The number of carbonyl (C=O) groups is 1. The lowest BCUT2D eigenvalue weighted by molar-refractivity contribution is 0.0993. The van der Waals surface area contributed by atoms with Gasteiger partial charge in [-0.25, -0.2) is 9.97 Å². The number of aromatic nitrogens is 2. The first-order valence-corrected chi connectivity index (χ1v) is 5.12. The minimum atomic E-state index is -0.650. The van der Waals surface area contributed by atoms with E-state index in [0.29, 0.717) is 32.1 Å².